The first-order valence-corrected chi connectivity index (χ1v) is 9.60. The van der Waals surface area contributed by atoms with E-state index in [0.717, 1.165) is 12.8 Å². The number of ether oxygens (including phenoxy) is 2. The lowest BCUT2D eigenvalue weighted by molar-refractivity contribution is -0.120. The number of nitrogens with zero attached hydrogens (tertiary/aromatic N) is 4. The molecule has 1 heterocycles. The highest BCUT2D eigenvalue weighted by Gasteiger charge is 2.34. The Bertz CT molecular complexity index is 782. The third kappa shape index (κ3) is 5.36. The molecule has 1 aliphatic carbocycles. The Labute approximate surface area is 176 Å². The molecule has 10 heteroatoms. The molecule has 1 saturated carbocycles. The maximum atomic E-state index is 12.7. The highest BCUT2D eigenvalue weighted by molar-refractivity contribution is 6.68. The molecule has 1 unspecified atom stereocenters. The van der Waals surface area contributed by atoms with Gasteiger partial charge in [-0.05, 0) is 40.5 Å². The number of methoxy groups -OCH3 is 1. The van der Waals surface area contributed by atoms with E-state index in [9.17, 15) is 9.59 Å². The minimum atomic E-state index is -0.681. The first-order chi connectivity index (χ1) is 13.5. The van der Waals surface area contributed by atoms with Gasteiger partial charge < -0.3 is 14.8 Å². The van der Waals surface area contributed by atoms with Crippen molar-refractivity contribution in [2.75, 3.05) is 14.2 Å². The van der Waals surface area contributed by atoms with Crippen LogP contribution in [0.4, 0.5) is 4.79 Å². The lowest BCUT2D eigenvalue weighted by Gasteiger charge is -2.36. The second-order valence-electron chi connectivity index (χ2n) is 7.81. The molecule has 0 aromatic rings. The molecule has 0 spiro atoms. The molecule has 1 N–H and O–H groups in total. The molecular formula is C19H28ClN5O4. The summed E-state index contributed by atoms with van der Waals surface area (Å²) in [4.78, 5) is 30.7. The van der Waals surface area contributed by atoms with Crippen molar-refractivity contribution in [2.24, 2.45) is 10.1 Å². The van der Waals surface area contributed by atoms with Gasteiger partial charge in [0.15, 0.2) is 5.82 Å². The van der Waals surface area contributed by atoms with E-state index in [2.05, 4.69) is 22.1 Å². The third-order valence-electron chi connectivity index (χ3n) is 4.54. The van der Waals surface area contributed by atoms with Crippen LogP contribution in [-0.4, -0.2) is 65.7 Å². The van der Waals surface area contributed by atoms with Crippen LogP contribution in [0.3, 0.4) is 0 Å². The van der Waals surface area contributed by atoms with Crippen molar-refractivity contribution in [3.05, 3.63) is 23.3 Å². The van der Waals surface area contributed by atoms with Crippen LogP contribution in [0.15, 0.2) is 33.4 Å². The summed E-state index contributed by atoms with van der Waals surface area (Å²) in [5.74, 6) is 0.105. The van der Waals surface area contributed by atoms with Crippen molar-refractivity contribution in [2.45, 2.75) is 58.3 Å². The maximum Gasteiger partial charge on any atom is 0.415 e. The fraction of sp³-hybridized carbons (Fsp3) is 0.579. The number of hydrogen-bond donors (Lipinski definition) is 1. The molecule has 2 rings (SSSR count). The van der Waals surface area contributed by atoms with Crippen LogP contribution in [-0.2, 0) is 14.3 Å². The Balaban J connectivity index is 2.28. The molecular weight excluding hydrogens is 398 g/mol. The number of aliphatic imine (C=N–C) groups is 1. The number of carbonyl (C=O) groups excluding carboxylic acids is 2. The van der Waals surface area contributed by atoms with Gasteiger partial charge in [-0.15, -0.1) is 0 Å². The molecule has 0 saturated heterocycles. The van der Waals surface area contributed by atoms with E-state index >= 15 is 0 Å². The second-order valence-corrected chi connectivity index (χ2v) is 8.20. The van der Waals surface area contributed by atoms with Gasteiger partial charge >= 0.3 is 6.09 Å². The van der Waals surface area contributed by atoms with Crippen LogP contribution in [0.2, 0.25) is 0 Å². The number of carbonyl (C=O) groups is 2. The molecule has 1 aliphatic heterocycles. The average molecular weight is 426 g/mol. The Kier molecular flexibility index (Phi) is 7.07. The number of rotatable bonds is 5. The molecule has 160 valence electrons. The number of hydrazone groups is 1. The van der Waals surface area contributed by atoms with Crippen LogP contribution in [0.5, 0.6) is 0 Å². The first kappa shape index (κ1) is 22.9. The number of halogens is 1. The van der Waals surface area contributed by atoms with Gasteiger partial charge in [-0.1, -0.05) is 11.6 Å². The fourth-order valence-electron chi connectivity index (χ4n) is 2.80. The summed E-state index contributed by atoms with van der Waals surface area (Å²) in [5.41, 5.74) is -0.402. The second kappa shape index (κ2) is 8.96. The van der Waals surface area contributed by atoms with Gasteiger partial charge in [-0.25, -0.2) is 9.79 Å². The van der Waals surface area contributed by atoms with Crippen LogP contribution < -0.4 is 5.32 Å². The quantitative estimate of drug-likeness (QED) is 0.539. The topological polar surface area (TPSA) is 95.8 Å². The lowest BCUT2D eigenvalue weighted by Crippen LogP contribution is -2.51. The van der Waals surface area contributed by atoms with Gasteiger partial charge in [0.2, 0.25) is 0 Å². The molecule has 0 radical (unpaired) electrons. The van der Waals surface area contributed by atoms with Gasteiger partial charge in [-0.3, -0.25) is 9.69 Å². The van der Waals surface area contributed by atoms with E-state index in [4.69, 9.17) is 21.1 Å². The first-order valence-electron chi connectivity index (χ1n) is 9.22. The van der Waals surface area contributed by atoms with E-state index in [-0.39, 0.29) is 40.4 Å². The van der Waals surface area contributed by atoms with Crippen molar-refractivity contribution in [3.8, 4) is 0 Å². The minimum Gasteiger partial charge on any atom is -0.443 e. The zero-order valence-corrected chi connectivity index (χ0v) is 18.4. The van der Waals surface area contributed by atoms with Crippen molar-refractivity contribution in [1.29, 1.82) is 0 Å². The summed E-state index contributed by atoms with van der Waals surface area (Å²) in [6, 6.07) is -0.0596. The van der Waals surface area contributed by atoms with Crippen molar-refractivity contribution in [1.82, 2.24) is 15.2 Å². The predicted octanol–water partition coefficient (Wildman–Crippen LogP) is 2.79. The van der Waals surface area contributed by atoms with E-state index < -0.39 is 11.7 Å². The summed E-state index contributed by atoms with van der Waals surface area (Å²) < 4.78 is 10.7. The zero-order chi connectivity index (χ0) is 21.9. The third-order valence-corrected chi connectivity index (χ3v) is 4.73. The van der Waals surface area contributed by atoms with Crippen LogP contribution in [0.1, 0.15) is 40.5 Å². The molecule has 0 bridgehead atoms. The predicted molar refractivity (Wildman–Crippen MR) is 111 cm³/mol. The van der Waals surface area contributed by atoms with E-state index in [0.29, 0.717) is 0 Å². The van der Waals surface area contributed by atoms with Gasteiger partial charge in [-0.2, -0.15) is 10.1 Å². The highest BCUT2D eigenvalue weighted by atomic mass is 35.5. The summed E-state index contributed by atoms with van der Waals surface area (Å²) in [6.45, 7) is 10.4. The fourth-order valence-corrected chi connectivity index (χ4v) is 2.97. The Morgan fingerprint density at radius 1 is 1.41 bits per heavy atom. The Morgan fingerprint density at radius 3 is 2.55 bits per heavy atom. The molecule has 1 fully saturated rings. The van der Waals surface area contributed by atoms with Crippen molar-refractivity contribution < 1.29 is 19.1 Å². The molecule has 0 aromatic heterocycles. The molecule has 2 amide bonds. The molecule has 2 aliphatic rings. The summed E-state index contributed by atoms with van der Waals surface area (Å²) in [5, 5.41) is 8.22. The van der Waals surface area contributed by atoms with E-state index in [1.54, 1.807) is 34.8 Å². The average Bonchev–Trinajstić information content (AvgIpc) is 2.61. The van der Waals surface area contributed by atoms with Crippen molar-refractivity contribution in [3.63, 3.8) is 0 Å². The van der Waals surface area contributed by atoms with E-state index in [1.807, 2.05) is 0 Å². The summed E-state index contributed by atoms with van der Waals surface area (Å²) in [6.07, 6.45) is 2.57. The van der Waals surface area contributed by atoms with Crippen LogP contribution in [0, 0.1) is 0 Å². The lowest BCUT2D eigenvalue weighted by atomic mass is 9.89. The Hall–Kier alpha value is -2.39. The zero-order valence-electron chi connectivity index (χ0n) is 17.7. The van der Waals surface area contributed by atoms with E-state index in [1.165, 1.54) is 23.0 Å². The van der Waals surface area contributed by atoms with Crippen LogP contribution >= 0.6 is 11.6 Å². The monoisotopic (exact) mass is 425 g/mol. The van der Waals surface area contributed by atoms with Gasteiger partial charge in [0.05, 0.1) is 17.7 Å². The van der Waals surface area contributed by atoms with Gasteiger partial charge in [0.1, 0.15) is 16.6 Å². The SMILES string of the molecule is C=NN1C(N(C)C(=O)OC(C)(C)C)=CC(Cl)=N/C1=C(/C)C(=O)NC1CC[C@H]1OC. The van der Waals surface area contributed by atoms with Crippen LogP contribution in [0.25, 0.3) is 0 Å². The summed E-state index contributed by atoms with van der Waals surface area (Å²) >= 11 is 6.17. The normalized spacial score (nSPS) is 23.3. The molecule has 0 aromatic carbocycles. The number of hydrogen-bond acceptors (Lipinski definition) is 7. The minimum absolute atomic E-state index is 0.00224. The van der Waals surface area contributed by atoms with Gasteiger partial charge in [0.25, 0.3) is 5.91 Å². The largest absolute Gasteiger partial charge is 0.443 e. The standard InChI is InChI=1S/C19H28ClN5O4/c1-11(17(26)22-12-8-9-13(12)28-7)16-23-14(20)10-15(25(16)21-5)24(6)18(27)29-19(2,3)4/h10,12-13H,5,8-9H2,1-4,6-7H3,(H,22,26)/b16-11+/t12?,13-/m1/s1. The van der Waals surface area contributed by atoms with Gasteiger partial charge in [0, 0.05) is 27.0 Å². The molecule has 2 atom stereocenters. The number of amides is 2. The number of allylic oxidation sites excluding steroid dienone is 1. The highest BCUT2D eigenvalue weighted by Crippen LogP contribution is 2.28. The smallest absolute Gasteiger partial charge is 0.415 e. The number of nitrogens with one attached hydrogen (secondary N) is 1. The molecule has 29 heavy (non-hydrogen) atoms. The molecule has 9 nitrogen and oxygen atoms in total. The maximum absolute atomic E-state index is 12.7. The summed E-state index contributed by atoms with van der Waals surface area (Å²) in [7, 11) is 3.13. The Morgan fingerprint density at radius 2 is 2.07 bits per heavy atom. The van der Waals surface area contributed by atoms with Crippen molar-refractivity contribution >= 4 is 35.5 Å².